The Morgan fingerprint density at radius 3 is 1.15 bits per heavy atom. The van der Waals surface area contributed by atoms with Gasteiger partial charge in [-0.3, -0.25) is 18.9 Å². The van der Waals surface area contributed by atoms with Gasteiger partial charge in [0.15, 0.2) is 0 Å². The van der Waals surface area contributed by atoms with Gasteiger partial charge >= 0.3 is 59.1 Å². The van der Waals surface area contributed by atoms with E-state index in [4.69, 9.17) is 9.11 Å². The molecule has 8 nitrogen and oxygen atoms in total. The Hall–Kier alpha value is 1.74. The molecule has 0 aromatic rings. The third kappa shape index (κ3) is 12.3. The monoisotopic (exact) mass is 350 g/mol. The van der Waals surface area contributed by atoms with Crippen LogP contribution in [-0.2, 0) is 20.2 Å². The third-order valence-corrected chi connectivity index (χ3v) is 4.19. The molecule has 1 rings (SSSR count). The van der Waals surface area contributed by atoms with Gasteiger partial charge in [0.25, 0.3) is 20.2 Å². The Bertz CT molecular complexity index is 417. The van der Waals surface area contributed by atoms with Crippen LogP contribution in [-0.4, -0.2) is 146 Å². The molecule has 1 heterocycles. The SMILES string of the molecule is O=S(=O)(O)CCN1CCN(CCS(=O)(=O)O)CC1.[NaH].[NaH]. The van der Waals surface area contributed by atoms with Crippen molar-refractivity contribution >= 4 is 79.4 Å². The molecule has 0 unspecified atom stereocenters. The van der Waals surface area contributed by atoms with Crippen LogP contribution < -0.4 is 0 Å². The Balaban J connectivity index is 0. The van der Waals surface area contributed by atoms with Crippen LogP contribution in [0.4, 0.5) is 0 Å². The number of hydrogen-bond donors (Lipinski definition) is 2. The van der Waals surface area contributed by atoms with Crippen molar-refractivity contribution in [1.29, 1.82) is 0 Å². The van der Waals surface area contributed by atoms with E-state index in [0.717, 1.165) is 0 Å². The Kier molecular flexibility index (Phi) is 12.6. The topological polar surface area (TPSA) is 115 Å². The summed E-state index contributed by atoms with van der Waals surface area (Å²) in [5.41, 5.74) is 0. The fraction of sp³-hybridized carbons (Fsp3) is 1.00. The molecule has 0 amide bonds. The Morgan fingerprint density at radius 1 is 0.700 bits per heavy atom. The average Bonchev–Trinajstić information content (AvgIpc) is 2.23. The van der Waals surface area contributed by atoms with Crippen LogP contribution in [0.1, 0.15) is 0 Å². The summed E-state index contributed by atoms with van der Waals surface area (Å²) in [6, 6.07) is 0. The first-order valence-corrected chi connectivity index (χ1v) is 8.72. The van der Waals surface area contributed by atoms with Crippen molar-refractivity contribution in [2.75, 3.05) is 50.8 Å². The molecule has 12 heteroatoms. The first-order valence-electron chi connectivity index (χ1n) is 5.51. The maximum absolute atomic E-state index is 10.6. The van der Waals surface area contributed by atoms with Gasteiger partial charge in [-0.05, 0) is 0 Å². The van der Waals surface area contributed by atoms with E-state index in [9.17, 15) is 16.8 Å². The molecule has 20 heavy (non-hydrogen) atoms. The number of rotatable bonds is 6. The van der Waals surface area contributed by atoms with Crippen molar-refractivity contribution in [3.05, 3.63) is 0 Å². The van der Waals surface area contributed by atoms with Gasteiger partial charge in [0.1, 0.15) is 0 Å². The molecule has 0 aromatic heterocycles. The molecule has 1 saturated heterocycles. The van der Waals surface area contributed by atoms with E-state index in [2.05, 4.69) is 0 Å². The molecule has 1 fully saturated rings. The second-order valence-corrected chi connectivity index (χ2v) is 7.40. The molecule has 1 aliphatic rings. The predicted octanol–water partition coefficient (Wildman–Crippen LogP) is -2.92. The Labute approximate surface area is 164 Å². The van der Waals surface area contributed by atoms with Crippen molar-refractivity contribution < 1.29 is 25.9 Å². The normalized spacial score (nSPS) is 18.1. The summed E-state index contributed by atoms with van der Waals surface area (Å²) >= 11 is 0. The summed E-state index contributed by atoms with van der Waals surface area (Å²) in [5.74, 6) is -0.587. The average molecular weight is 350 g/mol. The van der Waals surface area contributed by atoms with E-state index in [1.807, 2.05) is 9.80 Å². The molecule has 0 bridgehead atoms. The zero-order valence-electron chi connectivity index (χ0n) is 9.90. The molecule has 0 aliphatic carbocycles. The van der Waals surface area contributed by atoms with Crippen molar-refractivity contribution in [2.45, 2.75) is 0 Å². The van der Waals surface area contributed by atoms with Crippen LogP contribution in [0.15, 0.2) is 0 Å². The van der Waals surface area contributed by atoms with Gasteiger partial charge in [-0.15, -0.1) is 0 Å². The quantitative estimate of drug-likeness (QED) is 0.387. The molecular formula is C8H20N2Na2O6S2. The summed E-state index contributed by atoms with van der Waals surface area (Å²) in [6.07, 6.45) is 0. The first-order chi connectivity index (χ1) is 8.16. The second-order valence-electron chi connectivity index (χ2n) is 4.26. The zero-order valence-corrected chi connectivity index (χ0v) is 11.5. The van der Waals surface area contributed by atoms with Crippen molar-refractivity contribution in [1.82, 2.24) is 9.80 Å². The number of piperazine rings is 1. The van der Waals surface area contributed by atoms with Gasteiger partial charge in [0.05, 0.1) is 11.5 Å². The van der Waals surface area contributed by atoms with Gasteiger partial charge in [-0.25, -0.2) is 0 Å². The first kappa shape index (κ1) is 24.0. The molecule has 112 valence electrons. The van der Waals surface area contributed by atoms with Gasteiger partial charge in [0, 0.05) is 39.3 Å². The summed E-state index contributed by atoms with van der Waals surface area (Å²) < 4.78 is 59.5. The van der Waals surface area contributed by atoms with Gasteiger partial charge in [-0.2, -0.15) is 16.8 Å². The predicted molar refractivity (Wildman–Crippen MR) is 80.0 cm³/mol. The standard InChI is InChI=1S/C8H18N2O6S2.2Na.2H/c11-17(12,13)7-5-9-1-2-10(4-3-9)6-8-18(14,15)16;;;;/h1-8H2,(H,11,12,13)(H,14,15,16);;;;. The second kappa shape index (κ2) is 10.5. The van der Waals surface area contributed by atoms with Crippen LogP contribution in [0.25, 0.3) is 0 Å². The molecule has 0 spiro atoms. The molecular weight excluding hydrogens is 330 g/mol. The summed E-state index contributed by atoms with van der Waals surface area (Å²) in [5, 5.41) is 0. The fourth-order valence-electron chi connectivity index (χ4n) is 1.73. The summed E-state index contributed by atoms with van der Waals surface area (Å²) in [6.45, 7) is 2.99. The van der Waals surface area contributed by atoms with E-state index < -0.39 is 20.2 Å². The molecule has 0 radical (unpaired) electrons. The van der Waals surface area contributed by atoms with E-state index in [1.165, 1.54) is 0 Å². The minimum absolute atomic E-state index is 0. The van der Waals surface area contributed by atoms with Gasteiger partial charge < -0.3 is 0 Å². The van der Waals surface area contributed by atoms with Crippen molar-refractivity contribution in [3.8, 4) is 0 Å². The third-order valence-electron chi connectivity index (χ3n) is 2.80. The van der Waals surface area contributed by atoms with Gasteiger partial charge in [0.2, 0.25) is 0 Å². The van der Waals surface area contributed by atoms with E-state index in [-0.39, 0.29) is 83.7 Å². The van der Waals surface area contributed by atoms with E-state index in [1.54, 1.807) is 0 Å². The summed E-state index contributed by atoms with van der Waals surface area (Å²) in [4.78, 5) is 3.77. The number of hydrogen-bond acceptors (Lipinski definition) is 6. The number of nitrogens with zero attached hydrogens (tertiary/aromatic N) is 2. The molecule has 0 aromatic carbocycles. The van der Waals surface area contributed by atoms with Crippen molar-refractivity contribution in [2.24, 2.45) is 0 Å². The van der Waals surface area contributed by atoms with Crippen LogP contribution in [0.3, 0.4) is 0 Å². The molecule has 2 N–H and O–H groups in total. The van der Waals surface area contributed by atoms with Gasteiger partial charge in [-0.1, -0.05) is 0 Å². The summed E-state index contributed by atoms with van der Waals surface area (Å²) in [7, 11) is -7.87. The van der Waals surface area contributed by atoms with Crippen molar-refractivity contribution in [3.63, 3.8) is 0 Å². The van der Waals surface area contributed by atoms with Crippen LogP contribution >= 0.6 is 0 Å². The van der Waals surface area contributed by atoms with E-state index >= 15 is 0 Å². The maximum atomic E-state index is 10.6. The van der Waals surface area contributed by atoms with Crippen LogP contribution in [0.5, 0.6) is 0 Å². The van der Waals surface area contributed by atoms with E-state index in [0.29, 0.717) is 26.2 Å². The molecule has 0 saturated carbocycles. The molecule has 1 aliphatic heterocycles. The molecule has 0 atom stereocenters. The zero-order chi connectivity index (χ0) is 13.8. The fourth-order valence-corrected chi connectivity index (χ4v) is 2.70. The van der Waals surface area contributed by atoms with Crippen LogP contribution in [0.2, 0.25) is 0 Å². The van der Waals surface area contributed by atoms with Crippen LogP contribution in [0, 0.1) is 0 Å². The minimum atomic E-state index is -3.93. The Morgan fingerprint density at radius 2 is 0.950 bits per heavy atom.